The first-order valence-corrected chi connectivity index (χ1v) is 6.70. The zero-order valence-corrected chi connectivity index (χ0v) is 9.30. The Bertz CT molecular complexity index is 145. The van der Waals surface area contributed by atoms with Crippen LogP contribution in [0.25, 0.3) is 0 Å². The van der Waals surface area contributed by atoms with Crippen molar-refractivity contribution in [2.75, 3.05) is 26.8 Å². The van der Waals surface area contributed by atoms with Crippen LogP contribution in [0.5, 0.6) is 0 Å². The van der Waals surface area contributed by atoms with Gasteiger partial charge in [0, 0.05) is 19.8 Å². The van der Waals surface area contributed by atoms with Crippen molar-refractivity contribution in [1.82, 2.24) is 4.57 Å². The van der Waals surface area contributed by atoms with Crippen molar-refractivity contribution < 1.29 is 8.85 Å². The maximum Gasteiger partial charge on any atom is 0.427 e. The second-order valence-electron chi connectivity index (χ2n) is 3.03. The lowest BCUT2D eigenvalue weighted by Crippen LogP contribution is -2.53. The van der Waals surface area contributed by atoms with Crippen molar-refractivity contribution >= 4 is 8.72 Å². The van der Waals surface area contributed by atoms with Crippen molar-refractivity contribution in [2.24, 2.45) is 0 Å². The van der Waals surface area contributed by atoms with Gasteiger partial charge < -0.3 is 8.85 Å². The van der Waals surface area contributed by atoms with E-state index in [1.807, 2.05) is 6.92 Å². The Morgan fingerprint density at radius 2 is 2.17 bits per heavy atom. The van der Waals surface area contributed by atoms with E-state index in [9.17, 15) is 0 Å². The van der Waals surface area contributed by atoms with Crippen LogP contribution in [0.4, 0.5) is 0 Å². The van der Waals surface area contributed by atoms with Gasteiger partial charge in [0.15, 0.2) is 0 Å². The Hall–Kier alpha value is 0.0969. The molecule has 1 fully saturated rings. The smallest absolute Gasteiger partial charge is 0.386 e. The summed E-state index contributed by atoms with van der Waals surface area (Å²) in [7, 11) is -0.115. The van der Waals surface area contributed by atoms with Crippen molar-refractivity contribution in [1.29, 1.82) is 0 Å². The Morgan fingerprint density at radius 3 is 2.67 bits per heavy atom. The molecule has 1 saturated heterocycles. The van der Waals surface area contributed by atoms with E-state index in [1.54, 1.807) is 7.11 Å². The standard InChI is InChI=1S/C8H19NO2Si/c1-4-9-7-6-8-12(9,10-3)11-5-2/h4-8H2,1-3H3. The summed E-state index contributed by atoms with van der Waals surface area (Å²) in [5, 5.41) is 0. The van der Waals surface area contributed by atoms with Crippen molar-refractivity contribution in [3.8, 4) is 0 Å². The molecule has 4 heteroatoms. The molecule has 1 aliphatic heterocycles. The van der Waals surface area contributed by atoms with Gasteiger partial charge in [0.2, 0.25) is 0 Å². The topological polar surface area (TPSA) is 21.7 Å². The largest absolute Gasteiger partial charge is 0.427 e. The molecule has 1 heterocycles. The monoisotopic (exact) mass is 189 g/mol. The Kier molecular flexibility index (Phi) is 3.70. The van der Waals surface area contributed by atoms with E-state index in [-0.39, 0.29) is 0 Å². The Balaban J connectivity index is 2.61. The molecule has 1 unspecified atom stereocenters. The second kappa shape index (κ2) is 4.37. The zero-order valence-electron chi connectivity index (χ0n) is 8.30. The fourth-order valence-electron chi connectivity index (χ4n) is 1.90. The third kappa shape index (κ3) is 1.71. The van der Waals surface area contributed by atoms with Gasteiger partial charge in [-0.2, -0.15) is 0 Å². The lowest BCUT2D eigenvalue weighted by atomic mass is 10.5. The van der Waals surface area contributed by atoms with Gasteiger partial charge in [-0.1, -0.05) is 6.92 Å². The molecule has 1 aliphatic rings. The van der Waals surface area contributed by atoms with Gasteiger partial charge in [0.05, 0.1) is 0 Å². The van der Waals surface area contributed by atoms with E-state index in [1.165, 1.54) is 6.42 Å². The van der Waals surface area contributed by atoms with E-state index >= 15 is 0 Å². The maximum atomic E-state index is 5.79. The van der Waals surface area contributed by atoms with E-state index in [4.69, 9.17) is 8.85 Å². The van der Waals surface area contributed by atoms with Gasteiger partial charge in [-0.25, -0.2) is 0 Å². The van der Waals surface area contributed by atoms with Crippen LogP contribution in [0.15, 0.2) is 0 Å². The summed E-state index contributed by atoms with van der Waals surface area (Å²) in [6, 6.07) is 1.13. The summed E-state index contributed by atoms with van der Waals surface area (Å²) in [5.41, 5.74) is 0. The average Bonchev–Trinajstić information content (AvgIpc) is 2.49. The second-order valence-corrected chi connectivity index (χ2v) is 6.29. The summed E-state index contributed by atoms with van der Waals surface area (Å²) in [6.45, 7) is 7.19. The molecular formula is C8H19NO2Si. The van der Waals surface area contributed by atoms with Gasteiger partial charge in [0.1, 0.15) is 0 Å². The highest BCUT2D eigenvalue weighted by molar-refractivity contribution is 6.65. The third-order valence-electron chi connectivity index (χ3n) is 2.47. The highest BCUT2D eigenvalue weighted by Crippen LogP contribution is 2.26. The van der Waals surface area contributed by atoms with Crippen LogP contribution in [0.1, 0.15) is 20.3 Å². The van der Waals surface area contributed by atoms with Gasteiger partial charge in [-0.15, -0.1) is 0 Å². The highest BCUT2D eigenvalue weighted by atomic mass is 28.4. The molecule has 0 bridgehead atoms. The van der Waals surface area contributed by atoms with Gasteiger partial charge in [0.25, 0.3) is 0 Å². The normalized spacial score (nSPS) is 31.2. The maximum absolute atomic E-state index is 5.79. The molecule has 3 nitrogen and oxygen atoms in total. The van der Waals surface area contributed by atoms with E-state index < -0.39 is 8.72 Å². The van der Waals surface area contributed by atoms with E-state index in [0.717, 1.165) is 25.7 Å². The molecule has 0 aromatic rings. The first kappa shape index (κ1) is 10.2. The minimum atomic E-state index is -1.90. The summed E-state index contributed by atoms with van der Waals surface area (Å²) in [5.74, 6) is 0. The van der Waals surface area contributed by atoms with Crippen LogP contribution in [-0.2, 0) is 8.85 Å². The first-order chi connectivity index (χ1) is 5.79. The zero-order chi connectivity index (χ0) is 9.03. The molecule has 0 saturated carbocycles. The summed E-state index contributed by atoms with van der Waals surface area (Å²) in [4.78, 5) is 0. The molecule has 0 radical (unpaired) electrons. The molecule has 0 amide bonds. The minimum absolute atomic E-state index is 0.774. The first-order valence-electron chi connectivity index (χ1n) is 4.73. The van der Waals surface area contributed by atoms with Crippen molar-refractivity contribution in [3.05, 3.63) is 0 Å². The van der Waals surface area contributed by atoms with Crippen molar-refractivity contribution in [2.45, 2.75) is 26.3 Å². The van der Waals surface area contributed by atoms with Crippen LogP contribution in [-0.4, -0.2) is 40.1 Å². The lowest BCUT2D eigenvalue weighted by Gasteiger charge is -2.31. The molecule has 0 aromatic heterocycles. The molecule has 1 atom stereocenters. The quantitative estimate of drug-likeness (QED) is 0.623. The van der Waals surface area contributed by atoms with E-state index in [0.29, 0.717) is 0 Å². The van der Waals surface area contributed by atoms with E-state index in [2.05, 4.69) is 11.5 Å². The fourth-order valence-corrected chi connectivity index (χ4v) is 5.16. The van der Waals surface area contributed by atoms with Gasteiger partial charge >= 0.3 is 8.72 Å². The minimum Gasteiger partial charge on any atom is -0.386 e. The number of hydrogen-bond acceptors (Lipinski definition) is 3. The van der Waals surface area contributed by atoms with Crippen LogP contribution in [0, 0.1) is 0 Å². The molecular weight excluding hydrogens is 170 g/mol. The molecule has 0 N–H and O–H groups in total. The molecule has 1 rings (SSSR count). The van der Waals surface area contributed by atoms with Crippen LogP contribution >= 0.6 is 0 Å². The summed E-state index contributed by atoms with van der Waals surface area (Å²) >= 11 is 0. The number of hydrogen-bond donors (Lipinski definition) is 0. The summed E-state index contributed by atoms with van der Waals surface area (Å²) < 4.78 is 13.8. The lowest BCUT2D eigenvalue weighted by molar-refractivity contribution is 0.160. The summed E-state index contributed by atoms with van der Waals surface area (Å²) in [6.07, 6.45) is 1.23. The predicted octanol–water partition coefficient (Wildman–Crippen LogP) is 1.33. The SMILES string of the molecule is CCO[Si]1(OC)CCCN1CC. The van der Waals surface area contributed by atoms with Crippen LogP contribution in [0.3, 0.4) is 0 Å². The highest BCUT2D eigenvalue weighted by Gasteiger charge is 2.46. The fraction of sp³-hybridized carbons (Fsp3) is 1.00. The number of rotatable bonds is 4. The van der Waals surface area contributed by atoms with Gasteiger partial charge in [-0.3, -0.25) is 4.57 Å². The molecule has 0 spiro atoms. The van der Waals surface area contributed by atoms with Crippen molar-refractivity contribution in [3.63, 3.8) is 0 Å². The molecule has 0 aliphatic carbocycles. The third-order valence-corrected chi connectivity index (χ3v) is 6.34. The van der Waals surface area contributed by atoms with Crippen LogP contribution < -0.4 is 0 Å². The average molecular weight is 189 g/mol. The molecule has 72 valence electrons. The molecule has 0 aromatic carbocycles. The van der Waals surface area contributed by atoms with Crippen LogP contribution in [0.2, 0.25) is 6.04 Å². The Labute approximate surface area is 76.0 Å². The number of nitrogens with zero attached hydrogens (tertiary/aromatic N) is 1. The predicted molar refractivity (Wildman–Crippen MR) is 51.1 cm³/mol. The molecule has 12 heavy (non-hydrogen) atoms. The van der Waals surface area contributed by atoms with Gasteiger partial charge in [-0.05, 0) is 26.4 Å². The Morgan fingerprint density at radius 1 is 1.42 bits per heavy atom.